The number of carbonyl (C=O) groups is 1. The first-order chi connectivity index (χ1) is 12.7. The molecule has 26 heavy (non-hydrogen) atoms. The van der Waals surface area contributed by atoms with Gasteiger partial charge in [-0.3, -0.25) is 4.79 Å². The van der Waals surface area contributed by atoms with Crippen molar-refractivity contribution >= 4 is 12.0 Å². The van der Waals surface area contributed by atoms with Crippen molar-refractivity contribution in [3.05, 3.63) is 29.3 Å². The van der Waals surface area contributed by atoms with Crippen molar-refractivity contribution in [1.29, 1.82) is 5.26 Å². The standard InChI is InChI=1S/C21H24N2O3/c1-3-12-26-19-11-10-16(14-20(19)25-4-2)13-17(15-22)21(24)23-18-8-6-5-7-9-18/h1,10-11,13-14,18H,4-9,12H2,2H3,(H,23,24)/b17-13+. The fourth-order valence-electron chi connectivity index (χ4n) is 2.95. The highest BCUT2D eigenvalue weighted by Crippen LogP contribution is 2.29. The number of amides is 1. The van der Waals surface area contributed by atoms with Gasteiger partial charge in [0.15, 0.2) is 11.5 Å². The van der Waals surface area contributed by atoms with Gasteiger partial charge in [0, 0.05) is 6.04 Å². The number of nitrogens with zero attached hydrogens (tertiary/aromatic N) is 1. The lowest BCUT2D eigenvalue weighted by Crippen LogP contribution is -2.36. The zero-order chi connectivity index (χ0) is 18.8. The highest BCUT2D eigenvalue weighted by molar-refractivity contribution is 6.01. The van der Waals surface area contributed by atoms with Gasteiger partial charge in [-0.2, -0.15) is 5.26 Å². The molecule has 1 aromatic carbocycles. The van der Waals surface area contributed by atoms with Crippen LogP contribution >= 0.6 is 0 Å². The van der Waals surface area contributed by atoms with Gasteiger partial charge in [0.25, 0.3) is 5.91 Å². The van der Waals surface area contributed by atoms with Crippen molar-refractivity contribution < 1.29 is 14.3 Å². The average Bonchev–Trinajstić information content (AvgIpc) is 2.66. The predicted octanol–water partition coefficient (Wildman–Crippen LogP) is 3.45. The minimum Gasteiger partial charge on any atom is -0.490 e. The van der Waals surface area contributed by atoms with Gasteiger partial charge in [-0.05, 0) is 43.5 Å². The van der Waals surface area contributed by atoms with Crippen LogP contribution < -0.4 is 14.8 Å². The molecule has 1 N–H and O–H groups in total. The van der Waals surface area contributed by atoms with E-state index in [1.165, 1.54) is 6.42 Å². The number of terminal acetylenes is 1. The molecule has 0 bridgehead atoms. The van der Waals surface area contributed by atoms with Gasteiger partial charge in [0.1, 0.15) is 18.2 Å². The Morgan fingerprint density at radius 2 is 2.08 bits per heavy atom. The summed E-state index contributed by atoms with van der Waals surface area (Å²) in [6.07, 6.45) is 12.2. The van der Waals surface area contributed by atoms with Crippen molar-refractivity contribution in [2.24, 2.45) is 0 Å². The minimum absolute atomic E-state index is 0.0790. The SMILES string of the molecule is C#CCOc1ccc(/C=C(\C#N)C(=O)NC2CCCCC2)cc1OCC. The maximum Gasteiger partial charge on any atom is 0.262 e. The number of carbonyl (C=O) groups excluding carboxylic acids is 1. The van der Waals surface area contributed by atoms with E-state index in [1.807, 2.05) is 13.0 Å². The quantitative estimate of drug-likeness (QED) is 0.463. The fraction of sp³-hybridized carbons (Fsp3) is 0.429. The molecule has 136 valence electrons. The summed E-state index contributed by atoms with van der Waals surface area (Å²) in [5, 5.41) is 12.3. The van der Waals surface area contributed by atoms with E-state index in [9.17, 15) is 10.1 Å². The number of rotatable bonds is 7. The Labute approximate surface area is 155 Å². The minimum atomic E-state index is -0.329. The van der Waals surface area contributed by atoms with E-state index in [0.29, 0.717) is 23.7 Å². The van der Waals surface area contributed by atoms with Gasteiger partial charge < -0.3 is 14.8 Å². The van der Waals surface area contributed by atoms with E-state index in [0.717, 1.165) is 25.7 Å². The lowest BCUT2D eigenvalue weighted by Gasteiger charge is -2.22. The van der Waals surface area contributed by atoms with E-state index in [-0.39, 0.29) is 24.1 Å². The molecule has 1 aliphatic rings. The van der Waals surface area contributed by atoms with Crippen LogP contribution in [0.4, 0.5) is 0 Å². The molecular formula is C21H24N2O3. The molecule has 5 heteroatoms. The summed E-state index contributed by atoms with van der Waals surface area (Å²) in [5.74, 6) is 3.14. The highest BCUT2D eigenvalue weighted by atomic mass is 16.5. The number of benzene rings is 1. The maximum atomic E-state index is 12.4. The number of ether oxygens (including phenoxy) is 2. The van der Waals surface area contributed by atoms with Crippen LogP contribution in [0.3, 0.4) is 0 Å². The molecular weight excluding hydrogens is 328 g/mol. The molecule has 0 atom stereocenters. The van der Waals surface area contributed by atoms with Crippen molar-refractivity contribution in [2.45, 2.75) is 45.1 Å². The monoisotopic (exact) mass is 352 g/mol. The largest absolute Gasteiger partial charge is 0.490 e. The molecule has 0 aromatic heterocycles. The molecule has 1 aromatic rings. The number of hydrogen-bond donors (Lipinski definition) is 1. The van der Waals surface area contributed by atoms with Crippen LogP contribution in [-0.4, -0.2) is 25.2 Å². The highest BCUT2D eigenvalue weighted by Gasteiger charge is 2.18. The summed E-state index contributed by atoms with van der Waals surface area (Å²) >= 11 is 0. The zero-order valence-electron chi connectivity index (χ0n) is 15.1. The molecule has 1 amide bonds. The Hall–Kier alpha value is -2.92. The molecule has 0 unspecified atom stereocenters. The Morgan fingerprint density at radius 1 is 1.31 bits per heavy atom. The molecule has 1 saturated carbocycles. The molecule has 0 spiro atoms. The van der Waals surface area contributed by atoms with Gasteiger partial charge >= 0.3 is 0 Å². The van der Waals surface area contributed by atoms with Crippen LogP contribution in [0.15, 0.2) is 23.8 Å². The summed E-state index contributed by atoms with van der Waals surface area (Å²) in [5.41, 5.74) is 0.771. The first-order valence-corrected chi connectivity index (χ1v) is 8.93. The lowest BCUT2D eigenvalue weighted by molar-refractivity contribution is -0.117. The zero-order valence-corrected chi connectivity index (χ0v) is 15.1. The van der Waals surface area contributed by atoms with E-state index >= 15 is 0 Å². The van der Waals surface area contributed by atoms with Crippen LogP contribution in [-0.2, 0) is 4.79 Å². The number of nitriles is 1. The number of hydrogen-bond acceptors (Lipinski definition) is 4. The average molecular weight is 352 g/mol. The van der Waals surface area contributed by atoms with Gasteiger partial charge in [-0.1, -0.05) is 31.2 Å². The Balaban J connectivity index is 2.16. The third kappa shape index (κ3) is 5.57. The smallest absolute Gasteiger partial charge is 0.262 e. The van der Waals surface area contributed by atoms with Gasteiger partial charge in [-0.25, -0.2) is 0 Å². The van der Waals surface area contributed by atoms with Crippen molar-refractivity contribution in [1.82, 2.24) is 5.32 Å². The van der Waals surface area contributed by atoms with Gasteiger partial charge in [-0.15, -0.1) is 6.42 Å². The van der Waals surface area contributed by atoms with E-state index in [2.05, 4.69) is 11.2 Å². The second-order valence-corrected chi connectivity index (χ2v) is 6.11. The third-order valence-corrected chi connectivity index (χ3v) is 4.20. The van der Waals surface area contributed by atoms with Gasteiger partial charge in [0.2, 0.25) is 0 Å². The topological polar surface area (TPSA) is 71.3 Å². The van der Waals surface area contributed by atoms with Crippen molar-refractivity contribution in [3.63, 3.8) is 0 Å². The van der Waals surface area contributed by atoms with Crippen LogP contribution in [0.25, 0.3) is 6.08 Å². The molecule has 1 aliphatic carbocycles. The maximum absolute atomic E-state index is 12.4. The Kier molecular flexibility index (Phi) is 7.58. The van der Waals surface area contributed by atoms with Crippen molar-refractivity contribution in [3.8, 4) is 29.9 Å². The molecule has 2 rings (SSSR count). The first kappa shape index (κ1) is 19.4. The Morgan fingerprint density at radius 3 is 2.73 bits per heavy atom. The summed E-state index contributed by atoms with van der Waals surface area (Å²) in [6, 6.07) is 7.37. The lowest BCUT2D eigenvalue weighted by atomic mass is 9.95. The Bertz CT molecular complexity index is 735. The second kappa shape index (κ2) is 10.2. The predicted molar refractivity (Wildman–Crippen MR) is 101 cm³/mol. The van der Waals surface area contributed by atoms with Gasteiger partial charge in [0.05, 0.1) is 6.61 Å². The van der Waals surface area contributed by atoms with E-state index in [1.54, 1.807) is 24.3 Å². The number of nitrogens with one attached hydrogen (secondary N) is 1. The summed E-state index contributed by atoms with van der Waals surface area (Å²) in [4.78, 5) is 12.4. The second-order valence-electron chi connectivity index (χ2n) is 6.11. The van der Waals surface area contributed by atoms with Crippen LogP contribution in [0.2, 0.25) is 0 Å². The van der Waals surface area contributed by atoms with E-state index < -0.39 is 0 Å². The normalized spacial score (nSPS) is 14.8. The van der Waals surface area contributed by atoms with Crippen LogP contribution in [0.5, 0.6) is 11.5 Å². The fourth-order valence-corrected chi connectivity index (χ4v) is 2.95. The summed E-state index contributed by atoms with van der Waals surface area (Å²) in [6.45, 7) is 2.47. The van der Waals surface area contributed by atoms with Crippen molar-refractivity contribution in [2.75, 3.05) is 13.2 Å². The molecule has 0 radical (unpaired) electrons. The summed E-state index contributed by atoms with van der Waals surface area (Å²) in [7, 11) is 0. The molecule has 1 fully saturated rings. The molecule has 0 aliphatic heterocycles. The van der Waals surface area contributed by atoms with Crippen LogP contribution in [0, 0.1) is 23.7 Å². The van der Waals surface area contributed by atoms with E-state index in [4.69, 9.17) is 15.9 Å². The van der Waals surface area contributed by atoms with Crippen LogP contribution in [0.1, 0.15) is 44.6 Å². The first-order valence-electron chi connectivity index (χ1n) is 8.93. The molecule has 0 heterocycles. The molecule has 0 saturated heterocycles. The third-order valence-electron chi connectivity index (χ3n) is 4.20. The summed E-state index contributed by atoms with van der Waals surface area (Å²) < 4.78 is 11.0. The molecule has 5 nitrogen and oxygen atoms in total.